The molecule has 0 N–H and O–H groups in total. The molecule has 0 aliphatic heterocycles. The van der Waals surface area contributed by atoms with Crippen LogP contribution in [-0.2, 0) is 0 Å². The molecule has 0 bridgehead atoms. The molecule has 5 heteroatoms. The molecule has 16 heavy (non-hydrogen) atoms. The zero-order valence-electron chi connectivity index (χ0n) is 9.12. The normalized spacial score (nSPS) is 10.2. The van der Waals surface area contributed by atoms with Crippen molar-refractivity contribution in [3.63, 3.8) is 0 Å². The van der Waals surface area contributed by atoms with Crippen LogP contribution in [0, 0.1) is 17.0 Å². The van der Waals surface area contributed by atoms with Crippen LogP contribution in [0.4, 0.5) is 5.69 Å². The number of carbonyl (C=O) groups excluding carboxylic acids is 1. The Balaban J connectivity index is 3.24. The SMILES string of the molecule is CCCC(=O)c1cc([N+](=O)[O-])c(Cl)cc1C. The van der Waals surface area contributed by atoms with Crippen LogP contribution in [0.3, 0.4) is 0 Å². The Morgan fingerprint density at radius 3 is 2.62 bits per heavy atom. The number of ketones is 1. The molecular weight excluding hydrogens is 230 g/mol. The molecule has 1 aromatic rings. The van der Waals surface area contributed by atoms with Gasteiger partial charge in [0, 0.05) is 18.1 Å². The lowest BCUT2D eigenvalue weighted by atomic mass is 10.0. The molecule has 0 heterocycles. The van der Waals surface area contributed by atoms with Gasteiger partial charge in [-0.05, 0) is 25.0 Å². The zero-order chi connectivity index (χ0) is 12.3. The van der Waals surface area contributed by atoms with E-state index in [2.05, 4.69) is 0 Å². The topological polar surface area (TPSA) is 60.2 Å². The van der Waals surface area contributed by atoms with E-state index >= 15 is 0 Å². The smallest absolute Gasteiger partial charge is 0.288 e. The third-order valence-corrected chi connectivity index (χ3v) is 2.57. The lowest BCUT2D eigenvalue weighted by Crippen LogP contribution is -2.03. The van der Waals surface area contributed by atoms with Crippen molar-refractivity contribution in [3.05, 3.63) is 38.4 Å². The maximum atomic E-state index is 11.7. The zero-order valence-corrected chi connectivity index (χ0v) is 9.87. The maximum absolute atomic E-state index is 11.7. The molecule has 0 atom stereocenters. The van der Waals surface area contributed by atoms with Crippen LogP contribution < -0.4 is 0 Å². The van der Waals surface area contributed by atoms with Crippen LogP contribution in [0.25, 0.3) is 0 Å². The number of aryl methyl sites for hydroxylation is 1. The van der Waals surface area contributed by atoms with Gasteiger partial charge in [0.05, 0.1) is 4.92 Å². The number of hydrogen-bond acceptors (Lipinski definition) is 3. The van der Waals surface area contributed by atoms with Gasteiger partial charge in [-0.1, -0.05) is 18.5 Å². The summed E-state index contributed by atoms with van der Waals surface area (Å²) in [5.41, 5.74) is 0.846. The van der Waals surface area contributed by atoms with Crippen molar-refractivity contribution in [3.8, 4) is 0 Å². The predicted molar refractivity (Wildman–Crippen MR) is 62.1 cm³/mol. The molecule has 0 aliphatic rings. The number of benzene rings is 1. The number of nitro groups is 1. The fourth-order valence-electron chi connectivity index (χ4n) is 1.46. The summed E-state index contributed by atoms with van der Waals surface area (Å²) in [6.07, 6.45) is 1.11. The van der Waals surface area contributed by atoms with Gasteiger partial charge in [-0.3, -0.25) is 14.9 Å². The van der Waals surface area contributed by atoms with Gasteiger partial charge in [-0.25, -0.2) is 0 Å². The van der Waals surface area contributed by atoms with Crippen molar-refractivity contribution in [1.29, 1.82) is 0 Å². The number of nitrogens with zero attached hydrogens (tertiary/aromatic N) is 1. The predicted octanol–water partition coefficient (Wildman–Crippen LogP) is 3.54. The van der Waals surface area contributed by atoms with E-state index in [1.54, 1.807) is 6.92 Å². The highest BCUT2D eigenvalue weighted by Crippen LogP contribution is 2.28. The first-order valence-electron chi connectivity index (χ1n) is 4.95. The first-order chi connectivity index (χ1) is 7.47. The van der Waals surface area contributed by atoms with Crippen molar-refractivity contribution in [2.24, 2.45) is 0 Å². The number of rotatable bonds is 4. The Kier molecular flexibility index (Phi) is 4.01. The molecule has 0 saturated carbocycles. The number of carbonyl (C=O) groups is 1. The summed E-state index contributed by atoms with van der Waals surface area (Å²) in [5.74, 6) is -0.0835. The molecule has 4 nitrogen and oxygen atoms in total. The molecule has 1 aromatic carbocycles. The number of hydrogen-bond donors (Lipinski definition) is 0. The van der Waals surface area contributed by atoms with E-state index in [4.69, 9.17) is 11.6 Å². The van der Waals surface area contributed by atoms with Crippen molar-refractivity contribution < 1.29 is 9.72 Å². The first kappa shape index (κ1) is 12.6. The van der Waals surface area contributed by atoms with Crippen LogP contribution in [-0.4, -0.2) is 10.7 Å². The molecule has 0 radical (unpaired) electrons. The van der Waals surface area contributed by atoms with Gasteiger partial charge in [0.1, 0.15) is 5.02 Å². The lowest BCUT2D eigenvalue weighted by molar-refractivity contribution is -0.384. The molecule has 0 unspecified atom stereocenters. The average Bonchev–Trinajstić information content (AvgIpc) is 2.17. The van der Waals surface area contributed by atoms with Gasteiger partial charge < -0.3 is 0 Å². The largest absolute Gasteiger partial charge is 0.294 e. The summed E-state index contributed by atoms with van der Waals surface area (Å²) in [6, 6.07) is 2.72. The quantitative estimate of drug-likeness (QED) is 0.460. The second-order valence-electron chi connectivity index (χ2n) is 3.55. The molecular formula is C11H12ClNO3. The second-order valence-corrected chi connectivity index (χ2v) is 3.96. The highest BCUT2D eigenvalue weighted by Gasteiger charge is 2.18. The van der Waals surface area contributed by atoms with Gasteiger partial charge in [0.15, 0.2) is 5.78 Å². The summed E-state index contributed by atoms with van der Waals surface area (Å²) >= 11 is 5.73. The van der Waals surface area contributed by atoms with Gasteiger partial charge in [0.25, 0.3) is 5.69 Å². The summed E-state index contributed by atoms with van der Waals surface area (Å²) in [7, 11) is 0. The van der Waals surface area contributed by atoms with Crippen LogP contribution in [0.5, 0.6) is 0 Å². The van der Waals surface area contributed by atoms with E-state index in [0.29, 0.717) is 24.0 Å². The summed E-state index contributed by atoms with van der Waals surface area (Å²) in [4.78, 5) is 21.8. The summed E-state index contributed by atoms with van der Waals surface area (Å²) < 4.78 is 0. The molecule has 0 spiro atoms. The number of halogens is 1. The molecule has 0 aliphatic carbocycles. The molecule has 0 amide bonds. The summed E-state index contributed by atoms with van der Waals surface area (Å²) in [6.45, 7) is 3.61. The molecule has 1 rings (SSSR count). The van der Waals surface area contributed by atoms with Crippen LogP contribution >= 0.6 is 11.6 Å². The van der Waals surface area contributed by atoms with Crippen LogP contribution in [0.15, 0.2) is 12.1 Å². The lowest BCUT2D eigenvalue weighted by Gasteiger charge is -2.05. The Morgan fingerprint density at radius 1 is 1.50 bits per heavy atom. The molecule has 0 saturated heterocycles. The molecule has 86 valence electrons. The Labute approximate surface area is 98.4 Å². The molecule has 0 aromatic heterocycles. The average molecular weight is 242 g/mol. The Hall–Kier alpha value is -1.42. The van der Waals surface area contributed by atoms with E-state index in [0.717, 1.165) is 0 Å². The highest BCUT2D eigenvalue weighted by atomic mass is 35.5. The third kappa shape index (κ3) is 2.58. The van der Waals surface area contributed by atoms with E-state index in [9.17, 15) is 14.9 Å². The van der Waals surface area contributed by atoms with E-state index in [1.165, 1.54) is 12.1 Å². The highest BCUT2D eigenvalue weighted by molar-refractivity contribution is 6.32. The Bertz CT molecular complexity index is 443. The van der Waals surface area contributed by atoms with E-state index in [-0.39, 0.29) is 16.5 Å². The van der Waals surface area contributed by atoms with Gasteiger partial charge in [-0.15, -0.1) is 0 Å². The van der Waals surface area contributed by atoms with E-state index < -0.39 is 4.92 Å². The number of nitro benzene ring substituents is 1. The minimum atomic E-state index is -0.579. The third-order valence-electron chi connectivity index (χ3n) is 2.27. The summed E-state index contributed by atoms with van der Waals surface area (Å²) in [5, 5.41) is 10.7. The Morgan fingerprint density at radius 2 is 2.12 bits per heavy atom. The van der Waals surface area contributed by atoms with E-state index in [1.807, 2.05) is 6.92 Å². The van der Waals surface area contributed by atoms with Gasteiger partial charge >= 0.3 is 0 Å². The van der Waals surface area contributed by atoms with Crippen molar-refractivity contribution in [1.82, 2.24) is 0 Å². The monoisotopic (exact) mass is 241 g/mol. The standard InChI is InChI=1S/C11H12ClNO3/c1-3-4-11(14)8-6-10(13(15)16)9(12)5-7(8)2/h5-6H,3-4H2,1-2H3. The van der Waals surface area contributed by atoms with Crippen molar-refractivity contribution in [2.75, 3.05) is 0 Å². The van der Waals surface area contributed by atoms with Crippen LogP contribution in [0.1, 0.15) is 35.7 Å². The van der Waals surface area contributed by atoms with Crippen LogP contribution in [0.2, 0.25) is 5.02 Å². The number of Topliss-reactive ketones (excluding diaryl/α,β-unsaturated/α-hetero) is 1. The second kappa shape index (κ2) is 5.07. The van der Waals surface area contributed by atoms with Gasteiger partial charge in [0.2, 0.25) is 0 Å². The maximum Gasteiger partial charge on any atom is 0.288 e. The van der Waals surface area contributed by atoms with Crippen molar-refractivity contribution >= 4 is 23.1 Å². The van der Waals surface area contributed by atoms with Crippen molar-refractivity contribution in [2.45, 2.75) is 26.7 Å². The minimum absolute atomic E-state index is 0.0653. The minimum Gasteiger partial charge on any atom is -0.294 e. The van der Waals surface area contributed by atoms with Gasteiger partial charge in [-0.2, -0.15) is 0 Å². The first-order valence-corrected chi connectivity index (χ1v) is 5.33. The fraction of sp³-hybridized carbons (Fsp3) is 0.364. The molecule has 0 fully saturated rings. The fourth-order valence-corrected chi connectivity index (χ4v) is 1.75.